The molecule has 0 saturated heterocycles. The highest BCUT2D eigenvalue weighted by Crippen LogP contribution is 2.22. The Hall–Kier alpha value is -1.26. The number of carbonyl (C=O) groups excluding carboxylic acids is 1. The smallest absolute Gasteiger partial charge is 0.256 e. The van der Waals surface area contributed by atoms with Crippen molar-refractivity contribution >= 4 is 40.2 Å². The molecule has 2 rings (SSSR count). The molecule has 0 aliphatic heterocycles. The minimum atomic E-state index is -0.156. The molecule has 0 aromatic heterocycles. The van der Waals surface area contributed by atoms with Gasteiger partial charge in [-0.1, -0.05) is 34.1 Å². The second-order valence-corrected chi connectivity index (χ2v) is 5.27. The fourth-order valence-electron chi connectivity index (χ4n) is 1.53. The van der Waals surface area contributed by atoms with E-state index in [0.29, 0.717) is 10.5 Å². The van der Waals surface area contributed by atoms with Gasteiger partial charge < -0.3 is 5.32 Å². The number of rotatable bonds is 2. The quantitative estimate of drug-likeness (QED) is 0.793. The van der Waals surface area contributed by atoms with E-state index >= 15 is 0 Å². The molecule has 0 saturated carbocycles. The van der Waals surface area contributed by atoms with Crippen molar-refractivity contribution in [1.82, 2.24) is 0 Å². The van der Waals surface area contributed by atoms with E-state index in [1.165, 1.54) is 0 Å². The molecule has 2 aromatic rings. The molecule has 0 spiro atoms. The minimum absolute atomic E-state index is 0.156. The maximum atomic E-state index is 12.1. The Morgan fingerprint density at radius 1 is 1.22 bits per heavy atom. The van der Waals surface area contributed by atoms with E-state index < -0.39 is 0 Å². The molecule has 2 aromatic carbocycles. The molecular formula is C14H12BrNOS. The highest BCUT2D eigenvalue weighted by atomic mass is 79.9. The predicted molar refractivity (Wildman–Crippen MR) is 80.5 cm³/mol. The van der Waals surface area contributed by atoms with Crippen molar-refractivity contribution in [2.24, 2.45) is 0 Å². The first-order valence-corrected chi connectivity index (χ1v) is 6.67. The molecule has 0 fully saturated rings. The topological polar surface area (TPSA) is 29.1 Å². The predicted octanol–water partition coefficient (Wildman–Crippen LogP) is 4.30. The third-order valence-corrected chi connectivity index (χ3v) is 3.82. The van der Waals surface area contributed by atoms with Crippen LogP contribution in [0.3, 0.4) is 0 Å². The highest BCUT2D eigenvalue weighted by molar-refractivity contribution is 9.10. The standard InChI is InChI=1S/C14H12BrNOS/c1-9-6-7-10(8-12(9)15)16-14(17)11-4-2-3-5-13(11)18/h2-8,18H,1H3,(H,16,17). The molecule has 1 N–H and O–H groups in total. The monoisotopic (exact) mass is 321 g/mol. The summed E-state index contributed by atoms with van der Waals surface area (Å²) in [6, 6.07) is 12.9. The van der Waals surface area contributed by atoms with Gasteiger partial charge in [-0.05, 0) is 36.8 Å². The first-order chi connectivity index (χ1) is 8.58. The molecule has 0 aliphatic carbocycles. The third kappa shape index (κ3) is 2.94. The summed E-state index contributed by atoms with van der Waals surface area (Å²) in [5.74, 6) is -0.156. The van der Waals surface area contributed by atoms with Gasteiger partial charge in [0.05, 0.1) is 5.56 Å². The van der Waals surface area contributed by atoms with Crippen LogP contribution >= 0.6 is 28.6 Å². The lowest BCUT2D eigenvalue weighted by atomic mass is 10.2. The van der Waals surface area contributed by atoms with Gasteiger partial charge in [0.15, 0.2) is 0 Å². The summed E-state index contributed by atoms with van der Waals surface area (Å²) in [5.41, 5.74) is 2.45. The molecular weight excluding hydrogens is 310 g/mol. The van der Waals surface area contributed by atoms with Crippen LogP contribution in [0.2, 0.25) is 0 Å². The SMILES string of the molecule is Cc1ccc(NC(=O)c2ccccc2S)cc1Br. The molecule has 0 bridgehead atoms. The number of aryl methyl sites for hydroxylation is 1. The van der Waals surface area contributed by atoms with Gasteiger partial charge in [0, 0.05) is 15.1 Å². The van der Waals surface area contributed by atoms with Crippen molar-refractivity contribution in [2.75, 3.05) is 5.32 Å². The van der Waals surface area contributed by atoms with Crippen LogP contribution in [0, 0.1) is 6.92 Å². The van der Waals surface area contributed by atoms with E-state index in [0.717, 1.165) is 15.7 Å². The van der Waals surface area contributed by atoms with Crippen LogP contribution < -0.4 is 5.32 Å². The molecule has 1 amide bonds. The molecule has 2 nitrogen and oxygen atoms in total. The summed E-state index contributed by atoms with van der Waals surface area (Å²) in [4.78, 5) is 12.7. The van der Waals surface area contributed by atoms with Crippen LogP contribution in [0.4, 0.5) is 5.69 Å². The summed E-state index contributed by atoms with van der Waals surface area (Å²) >= 11 is 7.71. The van der Waals surface area contributed by atoms with E-state index in [-0.39, 0.29) is 5.91 Å². The van der Waals surface area contributed by atoms with Gasteiger partial charge in [-0.15, -0.1) is 12.6 Å². The molecule has 0 radical (unpaired) electrons. The number of nitrogens with one attached hydrogen (secondary N) is 1. The van der Waals surface area contributed by atoms with Crippen LogP contribution in [0.25, 0.3) is 0 Å². The molecule has 18 heavy (non-hydrogen) atoms. The van der Waals surface area contributed by atoms with Gasteiger partial charge in [0.2, 0.25) is 0 Å². The van der Waals surface area contributed by atoms with Gasteiger partial charge in [-0.25, -0.2) is 0 Å². The molecule has 0 unspecified atom stereocenters. The maximum Gasteiger partial charge on any atom is 0.256 e. The van der Waals surface area contributed by atoms with Gasteiger partial charge >= 0.3 is 0 Å². The number of halogens is 1. The Bertz CT molecular complexity index is 598. The Morgan fingerprint density at radius 2 is 1.94 bits per heavy atom. The normalized spacial score (nSPS) is 10.2. The van der Waals surface area contributed by atoms with Gasteiger partial charge in [0.25, 0.3) is 5.91 Å². The molecule has 0 aliphatic rings. The van der Waals surface area contributed by atoms with Crippen molar-refractivity contribution in [2.45, 2.75) is 11.8 Å². The summed E-state index contributed by atoms with van der Waals surface area (Å²) in [6.45, 7) is 2.00. The van der Waals surface area contributed by atoms with Crippen LogP contribution in [0.15, 0.2) is 51.8 Å². The largest absolute Gasteiger partial charge is 0.322 e. The lowest BCUT2D eigenvalue weighted by Crippen LogP contribution is -2.12. The van der Waals surface area contributed by atoms with Crippen molar-refractivity contribution in [3.8, 4) is 0 Å². The first kappa shape index (κ1) is 13.2. The van der Waals surface area contributed by atoms with E-state index in [2.05, 4.69) is 33.9 Å². The second-order valence-electron chi connectivity index (χ2n) is 3.94. The summed E-state index contributed by atoms with van der Waals surface area (Å²) in [7, 11) is 0. The fraction of sp³-hybridized carbons (Fsp3) is 0.0714. The first-order valence-electron chi connectivity index (χ1n) is 5.43. The van der Waals surface area contributed by atoms with Crippen molar-refractivity contribution in [3.05, 3.63) is 58.1 Å². The summed E-state index contributed by atoms with van der Waals surface area (Å²) < 4.78 is 0.972. The van der Waals surface area contributed by atoms with Crippen LogP contribution in [0.5, 0.6) is 0 Å². The zero-order valence-electron chi connectivity index (χ0n) is 9.77. The average Bonchev–Trinajstić information content (AvgIpc) is 2.34. The Balaban J connectivity index is 2.22. The second kappa shape index (κ2) is 5.59. The number of carbonyl (C=O) groups is 1. The molecule has 92 valence electrons. The molecule has 0 atom stereocenters. The number of hydrogen-bond acceptors (Lipinski definition) is 2. The van der Waals surface area contributed by atoms with Crippen molar-refractivity contribution < 1.29 is 4.79 Å². The Kier molecular flexibility index (Phi) is 4.09. The zero-order chi connectivity index (χ0) is 13.1. The fourth-order valence-corrected chi connectivity index (χ4v) is 2.18. The average molecular weight is 322 g/mol. The lowest BCUT2D eigenvalue weighted by Gasteiger charge is -2.08. The van der Waals surface area contributed by atoms with Crippen LogP contribution in [-0.2, 0) is 0 Å². The van der Waals surface area contributed by atoms with Crippen molar-refractivity contribution in [3.63, 3.8) is 0 Å². The van der Waals surface area contributed by atoms with Gasteiger partial charge in [0.1, 0.15) is 0 Å². The zero-order valence-corrected chi connectivity index (χ0v) is 12.3. The minimum Gasteiger partial charge on any atom is -0.322 e. The maximum absolute atomic E-state index is 12.1. The summed E-state index contributed by atoms with van der Waals surface area (Å²) in [5, 5.41) is 2.85. The number of anilines is 1. The van der Waals surface area contributed by atoms with Crippen molar-refractivity contribution in [1.29, 1.82) is 0 Å². The number of thiol groups is 1. The highest BCUT2D eigenvalue weighted by Gasteiger charge is 2.09. The molecule has 0 heterocycles. The Labute approximate surface area is 120 Å². The van der Waals surface area contributed by atoms with E-state index in [1.54, 1.807) is 12.1 Å². The number of amides is 1. The third-order valence-electron chi connectivity index (χ3n) is 2.58. The Morgan fingerprint density at radius 3 is 2.61 bits per heavy atom. The van der Waals surface area contributed by atoms with E-state index in [1.807, 2.05) is 37.3 Å². The van der Waals surface area contributed by atoms with Gasteiger partial charge in [-0.3, -0.25) is 4.79 Å². The number of hydrogen-bond donors (Lipinski definition) is 2. The summed E-state index contributed by atoms with van der Waals surface area (Å²) in [6.07, 6.45) is 0. The van der Waals surface area contributed by atoms with E-state index in [9.17, 15) is 4.79 Å². The van der Waals surface area contributed by atoms with Crippen LogP contribution in [-0.4, -0.2) is 5.91 Å². The van der Waals surface area contributed by atoms with E-state index in [4.69, 9.17) is 0 Å². The number of benzene rings is 2. The lowest BCUT2D eigenvalue weighted by molar-refractivity contribution is 0.102. The molecule has 4 heteroatoms. The van der Waals surface area contributed by atoms with Gasteiger partial charge in [-0.2, -0.15) is 0 Å². The van der Waals surface area contributed by atoms with Crippen LogP contribution in [0.1, 0.15) is 15.9 Å².